The van der Waals surface area contributed by atoms with Crippen LogP contribution in [0.3, 0.4) is 0 Å². The van der Waals surface area contributed by atoms with Crippen molar-refractivity contribution in [3.8, 4) is 0 Å². The second kappa shape index (κ2) is 32.5. The number of esters is 2. The van der Waals surface area contributed by atoms with Crippen LogP contribution in [-0.2, 0) is 32.9 Å². The Hall–Kier alpha value is 1.07. The zero-order valence-electron chi connectivity index (χ0n) is 26.2. The van der Waals surface area contributed by atoms with Gasteiger partial charge in [-0.1, -0.05) is 109 Å². The van der Waals surface area contributed by atoms with E-state index in [0.717, 1.165) is 63.5 Å². The number of hydrogen-bond donors (Lipinski definition) is 0. The average Bonchev–Trinajstić information content (AvgIpc) is 2.87. The van der Waals surface area contributed by atoms with Crippen molar-refractivity contribution in [2.45, 2.75) is 142 Å². The summed E-state index contributed by atoms with van der Waals surface area (Å²) in [5.74, 6) is -0.145. The Labute approximate surface area is 297 Å². The number of hydrogen-bond acceptors (Lipinski definition) is 10. The molecule has 9 nitrogen and oxygen atoms in total. The maximum absolute atomic E-state index is 12.2. The molecule has 0 saturated carbocycles. The zero-order valence-corrected chi connectivity index (χ0v) is 31.9. The fourth-order valence-electron chi connectivity index (χ4n) is 4.02. The molecule has 0 aliphatic heterocycles. The molecule has 0 unspecified atom stereocenters. The zero-order chi connectivity index (χ0) is 29.2. The molecular formula is C28H51Na2O9PS. The first-order valence-electron chi connectivity index (χ1n) is 14.8. The molecule has 0 heterocycles. The summed E-state index contributed by atoms with van der Waals surface area (Å²) in [4.78, 5) is 56.8. The quantitative estimate of drug-likeness (QED) is 0.0522. The summed E-state index contributed by atoms with van der Waals surface area (Å²) >= 11 is 1.36. The Morgan fingerprint density at radius 1 is 0.683 bits per heavy atom. The SMILES string of the molecule is CCCCCCCCCCCCC(=O)O[C@@H](COC(=O)CCCCCCCCCSC(C)=O)COP(=O)([O-])[O-].[Na+].[Na+]. The van der Waals surface area contributed by atoms with E-state index in [1.807, 2.05) is 0 Å². The van der Waals surface area contributed by atoms with Crippen molar-refractivity contribution in [2.75, 3.05) is 19.0 Å². The standard InChI is InChI=1S/C28H53O9PS.2Na/c1-3-4-5-6-7-8-9-11-15-18-21-28(31)37-26(24-36-38(32,33)34)23-35-27(30)20-17-14-12-10-13-16-19-22-39-25(2)29;;/h26H,3-24H2,1-2H3,(H2,32,33,34);;/q;2*+1/p-2/t26-;;/m0../s1. The second-order valence-electron chi connectivity index (χ2n) is 10.0. The molecule has 0 bridgehead atoms. The minimum absolute atomic E-state index is 0. The predicted molar refractivity (Wildman–Crippen MR) is 151 cm³/mol. The van der Waals surface area contributed by atoms with E-state index < -0.39 is 32.5 Å². The van der Waals surface area contributed by atoms with Gasteiger partial charge in [-0.3, -0.25) is 14.4 Å². The fraction of sp³-hybridized carbons (Fsp3) is 0.893. The monoisotopic (exact) mass is 640 g/mol. The first kappa shape index (κ1) is 46.5. The summed E-state index contributed by atoms with van der Waals surface area (Å²) < 4.78 is 25.5. The van der Waals surface area contributed by atoms with Crippen molar-refractivity contribution >= 4 is 36.6 Å². The summed E-state index contributed by atoms with van der Waals surface area (Å²) in [5.41, 5.74) is 0. The third-order valence-corrected chi connectivity index (χ3v) is 7.58. The van der Waals surface area contributed by atoms with Crippen LogP contribution in [0.25, 0.3) is 0 Å². The molecule has 0 rings (SSSR count). The largest absolute Gasteiger partial charge is 1.00 e. The molecule has 0 fully saturated rings. The molecule has 230 valence electrons. The molecule has 0 aliphatic rings. The van der Waals surface area contributed by atoms with Gasteiger partial charge in [0.05, 0.1) is 14.4 Å². The Balaban J connectivity index is -0.00000722. The van der Waals surface area contributed by atoms with Crippen molar-refractivity contribution in [3.63, 3.8) is 0 Å². The van der Waals surface area contributed by atoms with E-state index in [1.54, 1.807) is 6.92 Å². The number of unbranched alkanes of at least 4 members (excludes halogenated alkanes) is 15. The van der Waals surface area contributed by atoms with Crippen molar-refractivity contribution in [1.82, 2.24) is 0 Å². The van der Waals surface area contributed by atoms with Crippen LogP contribution in [0.1, 0.15) is 136 Å². The molecule has 0 amide bonds. The number of thioether (sulfide) groups is 1. The minimum atomic E-state index is -5.25. The van der Waals surface area contributed by atoms with Crippen LogP contribution >= 0.6 is 19.6 Å². The van der Waals surface area contributed by atoms with Crippen LogP contribution in [0.15, 0.2) is 0 Å². The van der Waals surface area contributed by atoms with Gasteiger partial charge in [0, 0.05) is 25.5 Å². The molecule has 41 heavy (non-hydrogen) atoms. The third-order valence-electron chi connectivity index (χ3n) is 6.21. The van der Waals surface area contributed by atoms with Crippen LogP contribution in [0, 0.1) is 0 Å². The van der Waals surface area contributed by atoms with Gasteiger partial charge in [0.15, 0.2) is 11.2 Å². The molecular weight excluding hydrogens is 589 g/mol. The van der Waals surface area contributed by atoms with Gasteiger partial charge in [-0.15, -0.1) is 0 Å². The molecule has 0 radical (unpaired) electrons. The topological polar surface area (TPSA) is 142 Å². The van der Waals surface area contributed by atoms with Crippen LogP contribution in [0.5, 0.6) is 0 Å². The maximum Gasteiger partial charge on any atom is 1.00 e. The molecule has 1 atom stereocenters. The van der Waals surface area contributed by atoms with E-state index in [4.69, 9.17) is 9.47 Å². The molecule has 0 aromatic rings. The van der Waals surface area contributed by atoms with Crippen molar-refractivity contribution < 1.29 is 102 Å². The second-order valence-corrected chi connectivity index (χ2v) is 12.5. The number of carbonyl (C=O) groups is 3. The van der Waals surface area contributed by atoms with Gasteiger partial charge in [0.1, 0.15) is 6.61 Å². The maximum atomic E-state index is 12.2. The van der Waals surface area contributed by atoms with E-state index in [9.17, 15) is 28.7 Å². The molecule has 0 aromatic heterocycles. The first-order valence-corrected chi connectivity index (χ1v) is 17.2. The van der Waals surface area contributed by atoms with Crippen LogP contribution in [0.2, 0.25) is 0 Å². The summed E-state index contributed by atoms with van der Waals surface area (Å²) in [6.45, 7) is 2.74. The van der Waals surface area contributed by atoms with Crippen molar-refractivity contribution in [1.29, 1.82) is 0 Å². The average molecular weight is 641 g/mol. The molecule has 0 aliphatic carbocycles. The van der Waals surface area contributed by atoms with Crippen molar-refractivity contribution in [2.24, 2.45) is 0 Å². The van der Waals surface area contributed by atoms with Gasteiger partial charge < -0.3 is 28.3 Å². The summed E-state index contributed by atoms with van der Waals surface area (Å²) in [5, 5.41) is 0.152. The normalized spacial score (nSPS) is 11.7. The molecule has 13 heteroatoms. The Bertz CT molecular complexity index is 695. The Morgan fingerprint density at radius 2 is 1.12 bits per heavy atom. The number of phosphoric ester groups is 1. The minimum Gasteiger partial charge on any atom is -0.790 e. The Kier molecular flexibility index (Phi) is 36.8. The van der Waals surface area contributed by atoms with E-state index in [0.29, 0.717) is 12.8 Å². The summed E-state index contributed by atoms with van der Waals surface area (Å²) in [6, 6.07) is 0. The van der Waals surface area contributed by atoms with Crippen LogP contribution in [0.4, 0.5) is 0 Å². The van der Waals surface area contributed by atoms with Gasteiger partial charge in [0.2, 0.25) is 0 Å². The summed E-state index contributed by atoms with van der Waals surface area (Å²) in [6.07, 6.45) is 17.3. The molecule has 0 aromatic carbocycles. The predicted octanol–water partition coefficient (Wildman–Crippen LogP) is 0.00620. The van der Waals surface area contributed by atoms with Crippen LogP contribution in [-0.4, -0.2) is 42.1 Å². The number of carbonyl (C=O) groups excluding carboxylic acids is 3. The third kappa shape index (κ3) is 37.2. The van der Waals surface area contributed by atoms with Gasteiger partial charge in [-0.25, -0.2) is 0 Å². The Morgan fingerprint density at radius 3 is 1.59 bits per heavy atom. The molecule has 0 N–H and O–H groups in total. The number of phosphoric acid groups is 1. The van der Waals surface area contributed by atoms with E-state index >= 15 is 0 Å². The van der Waals surface area contributed by atoms with E-state index in [-0.39, 0.29) is 83.7 Å². The van der Waals surface area contributed by atoms with E-state index in [2.05, 4.69) is 11.4 Å². The molecule has 0 saturated heterocycles. The van der Waals surface area contributed by atoms with Gasteiger partial charge in [-0.2, -0.15) is 0 Å². The first-order chi connectivity index (χ1) is 18.6. The van der Waals surface area contributed by atoms with Crippen molar-refractivity contribution in [3.05, 3.63) is 0 Å². The smallest absolute Gasteiger partial charge is 0.790 e. The number of ether oxygens (including phenoxy) is 2. The fourth-order valence-corrected chi connectivity index (χ4v) is 5.01. The van der Waals surface area contributed by atoms with Gasteiger partial charge in [0.25, 0.3) is 0 Å². The van der Waals surface area contributed by atoms with Crippen LogP contribution < -0.4 is 68.9 Å². The van der Waals surface area contributed by atoms with Gasteiger partial charge in [-0.05, 0) is 19.3 Å². The summed E-state index contributed by atoms with van der Waals surface area (Å²) in [7, 11) is -5.25. The van der Waals surface area contributed by atoms with E-state index in [1.165, 1.54) is 50.3 Å². The molecule has 0 spiro atoms. The van der Waals surface area contributed by atoms with Gasteiger partial charge >= 0.3 is 71.1 Å². The number of rotatable bonds is 27.